The minimum atomic E-state index is -0.185. The second kappa shape index (κ2) is 8.72. The minimum absolute atomic E-state index is 0.185. The van der Waals surface area contributed by atoms with Gasteiger partial charge in [-0.05, 0) is 30.2 Å². The maximum absolute atomic E-state index is 13.0. The highest BCUT2D eigenvalue weighted by molar-refractivity contribution is 5.77. The number of benzene rings is 1. The maximum Gasteiger partial charge on any atom is 0.188 e. The number of piperazine rings is 1. The van der Waals surface area contributed by atoms with Gasteiger partial charge in [0, 0.05) is 51.5 Å². The second-order valence-electron chi connectivity index (χ2n) is 6.35. The zero-order valence-corrected chi connectivity index (χ0v) is 14.1. The third-order valence-corrected chi connectivity index (χ3v) is 3.92. The molecule has 5 nitrogen and oxygen atoms in total. The maximum atomic E-state index is 13.0. The highest BCUT2D eigenvalue weighted by atomic mass is 19.1. The topological polar surface area (TPSA) is 56.9 Å². The molecule has 6 heteroatoms. The Morgan fingerprint density at radius 2 is 1.87 bits per heavy atom. The SMILES string of the molecule is CC(C)CN=C(N)NCCN1CCN(c2ccc(F)cc2)CC1. The standard InChI is InChI=1S/C17H28FN5/c1-14(2)13-21-17(19)20-7-8-22-9-11-23(12-10-22)16-5-3-15(18)4-6-16/h3-6,14H,7-13H2,1-2H3,(H3,19,20,21). The second-order valence-corrected chi connectivity index (χ2v) is 6.35. The fourth-order valence-corrected chi connectivity index (χ4v) is 2.56. The minimum Gasteiger partial charge on any atom is -0.370 e. The van der Waals surface area contributed by atoms with Crippen LogP contribution in [0.3, 0.4) is 0 Å². The van der Waals surface area contributed by atoms with Crippen molar-refractivity contribution in [1.29, 1.82) is 0 Å². The molecule has 1 aliphatic heterocycles. The van der Waals surface area contributed by atoms with Crippen LogP contribution >= 0.6 is 0 Å². The van der Waals surface area contributed by atoms with E-state index in [-0.39, 0.29) is 5.82 Å². The van der Waals surface area contributed by atoms with Crippen LogP contribution in [0.1, 0.15) is 13.8 Å². The summed E-state index contributed by atoms with van der Waals surface area (Å²) in [4.78, 5) is 8.99. The van der Waals surface area contributed by atoms with Crippen LogP contribution in [0.15, 0.2) is 29.3 Å². The van der Waals surface area contributed by atoms with E-state index in [9.17, 15) is 4.39 Å². The van der Waals surface area contributed by atoms with Crippen LogP contribution in [0.25, 0.3) is 0 Å². The first kappa shape index (κ1) is 17.5. The molecule has 3 N–H and O–H groups in total. The molecular formula is C17H28FN5. The van der Waals surface area contributed by atoms with Gasteiger partial charge in [-0.1, -0.05) is 13.8 Å². The summed E-state index contributed by atoms with van der Waals surface area (Å²) >= 11 is 0. The van der Waals surface area contributed by atoms with Gasteiger partial charge in [0.2, 0.25) is 0 Å². The summed E-state index contributed by atoms with van der Waals surface area (Å²) in [6.45, 7) is 10.7. The van der Waals surface area contributed by atoms with Crippen molar-refractivity contribution in [3.8, 4) is 0 Å². The van der Waals surface area contributed by atoms with E-state index < -0.39 is 0 Å². The van der Waals surface area contributed by atoms with E-state index in [1.54, 1.807) is 0 Å². The van der Waals surface area contributed by atoms with Gasteiger partial charge in [0.05, 0.1) is 0 Å². The number of hydrogen-bond donors (Lipinski definition) is 2. The summed E-state index contributed by atoms with van der Waals surface area (Å²) in [7, 11) is 0. The molecule has 0 atom stereocenters. The molecule has 0 aromatic heterocycles. The Balaban J connectivity index is 1.67. The molecule has 23 heavy (non-hydrogen) atoms. The van der Waals surface area contributed by atoms with Crippen molar-refractivity contribution in [2.45, 2.75) is 13.8 Å². The number of rotatable bonds is 6. The number of nitrogens with one attached hydrogen (secondary N) is 1. The van der Waals surface area contributed by atoms with Crippen molar-refractivity contribution in [3.05, 3.63) is 30.1 Å². The Hall–Kier alpha value is -1.82. The molecule has 0 aliphatic carbocycles. The molecular weight excluding hydrogens is 293 g/mol. The van der Waals surface area contributed by atoms with Crippen LogP contribution in [0.2, 0.25) is 0 Å². The lowest BCUT2D eigenvalue weighted by Crippen LogP contribution is -2.49. The molecule has 0 saturated carbocycles. The molecule has 0 unspecified atom stereocenters. The molecule has 2 rings (SSSR count). The first-order valence-electron chi connectivity index (χ1n) is 8.31. The Bertz CT molecular complexity index is 492. The van der Waals surface area contributed by atoms with E-state index in [0.29, 0.717) is 11.9 Å². The van der Waals surface area contributed by atoms with E-state index in [2.05, 4.69) is 34.0 Å². The zero-order valence-electron chi connectivity index (χ0n) is 14.1. The monoisotopic (exact) mass is 321 g/mol. The lowest BCUT2D eigenvalue weighted by molar-refractivity contribution is 0.261. The average molecular weight is 321 g/mol. The van der Waals surface area contributed by atoms with Crippen LogP contribution < -0.4 is 16.0 Å². The van der Waals surface area contributed by atoms with Crippen LogP contribution in [0, 0.1) is 11.7 Å². The highest BCUT2D eigenvalue weighted by Crippen LogP contribution is 2.16. The van der Waals surface area contributed by atoms with Gasteiger partial charge in [-0.2, -0.15) is 0 Å². The fraction of sp³-hybridized carbons (Fsp3) is 0.588. The van der Waals surface area contributed by atoms with Gasteiger partial charge in [-0.15, -0.1) is 0 Å². The average Bonchev–Trinajstić information content (AvgIpc) is 2.54. The Morgan fingerprint density at radius 3 is 2.48 bits per heavy atom. The quantitative estimate of drug-likeness (QED) is 0.616. The van der Waals surface area contributed by atoms with Gasteiger partial charge in [-0.25, -0.2) is 4.39 Å². The number of aliphatic imine (C=N–C) groups is 1. The van der Waals surface area contributed by atoms with Crippen LogP contribution in [-0.2, 0) is 0 Å². The van der Waals surface area contributed by atoms with Gasteiger partial charge in [0.25, 0.3) is 0 Å². The molecule has 0 spiro atoms. The molecule has 1 fully saturated rings. The summed E-state index contributed by atoms with van der Waals surface area (Å²) in [5.74, 6) is 0.869. The summed E-state index contributed by atoms with van der Waals surface area (Å²) in [5, 5.41) is 3.17. The first-order valence-corrected chi connectivity index (χ1v) is 8.31. The van der Waals surface area contributed by atoms with Gasteiger partial charge in [-0.3, -0.25) is 9.89 Å². The summed E-state index contributed by atoms with van der Waals surface area (Å²) in [5.41, 5.74) is 6.92. The number of hydrogen-bond acceptors (Lipinski definition) is 3. The molecule has 128 valence electrons. The van der Waals surface area contributed by atoms with Crippen LogP contribution in [-0.4, -0.2) is 56.7 Å². The van der Waals surface area contributed by atoms with Crippen molar-refractivity contribution in [3.63, 3.8) is 0 Å². The summed E-state index contributed by atoms with van der Waals surface area (Å²) in [6.07, 6.45) is 0. The third-order valence-electron chi connectivity index (χ3n) is 3.92. The van der Waals surface area contributed by atoms with Gasteiger partial charge >= 0.3 is 0 Å². The predicted molar refractivity (Wildman–Crippen MR) is 94.4 cm³/mol. The number of anilines is 1. The zero-order chi connectivity index (χ0) is 16.7. The molecule has 1 aromatic carbocycles. The summed E-state index contributed by atoms with van der Waals surface area (Å²) in [6, 6.07) is 6.73. The Labute approximate surface area is 138 Å². The third kappa shape index (κ3) is 6.06. The smallest absolute Gasteiger partial charge is 0.188 e. The van der Waals surface area contributed by atoms with E-state index in [1.807, 2.05) is 12.1 Å². The van der Waals surface area contributed by atoms with Crippen molar-refractivity contribution in [2.75, 3.05) is 50.7 Å². The molecule has 0 amide bonds. The van der Waals surface area contributed by atoms with E-state index in [4.69, 9.17) is 5.73 Å². The molecule has 1 saturated heterocycles. The van der Waals surface area contributed by atoms with E-state index >= 15 is 0 Å². The lowest BCUT2D eigenvalue weighted by atomic mass is 10.2. The van der Waals surface area contributed by atoms with Crippen molar-refractivity contribution in [2.24, 2.45) is 16.6 Å². The fourth-order valence-electron chi connectivity index (χ4n) is 2.56. The molecule has 1 aliphatic rings. The number of halogens is 1. The Morgan fingerprint density at radius 1 is 1.22 bits per heavy atom. The number of guanidine groups is 1. The molecule has 1 aromatic rings. The van der Waals surface area contributed by atoms with Crippen LogP contribution in [0.5, 0.6) is 0 Å². The molecule has 0 bridgehead atoms. The number of nitrogens with zero attached hydrogens (tertiary/aromatic N) is 3. The first-order chi connectivity index (χ1) is 11.0. The normalized spacial score (nSPS) is 16.9. The largest absolute Gasteiger partial charge is 0.370 e. The summed E-state index contributed by atoms with van der Waals surface area (Å²) < 4.78 is 13.0. The Kier molecular flexibility index (Phi) is 6.65. The highest BCUT2D eigenvalue weighted by Gasteiger charge is 2.16. The van der Waals surface area contributed by atoms with Crippen LogP contribution in [0.4, 0.5) is 10.1 Å². The van der Waals surface area contributed by atoms with Crippen molar-refractivity contribution < 1.29 is 4.39 Å². The van der Waals surface area contributed by atoms with Gasteiger partial charge in [0.1, 0.15) is 5.82 Å². The van der Waals surface area contributed by atoms with E-state index in [1.165, 1.54) is 12.1 Å². The van der Waals surface area contributed by atoms with Crippen molar-refractivity contribution >= 4 is 11.6 Å². The predicted octanol–water partition coefficient (Wildman–Crippen LogP) is 1.51. The molecule has 1 heterocycles. The van der Waals surface area contributed by atoms with Crippen molar-refractivity contribution in [1.82, 2.24) is 10.2 Å². The van der Waals surface area contributed by atoms with Gasteiger partial charge < -0.3 is 16.0 Å². The molecule has 0 radical (unpaired) electrons. The number of nitrogens with two attached hydrogens (primary N) is 1. The van der Waals surface area contributed by atoms with E-state index in [0.717, 1.165) is 51.5 Å². The van der Waals surface area contributed by atoms with Gasteiger partial charge in [0.15, 0.2) is 5.96 Å². The lowest BCUT2D eigenvalue weighted by Gasteiger charge is -2.36.